The second kappa shape index (κ2) is 8.69. The van der Waals surface area contributed by atoms with E-state index in [1.165, 1.54) is 0 Å². The smallest absolute Gasteiger partial charge is 0.264 e. The molecule has 2 aromatic carbocycles. The van der Waals surface area contributed by atoms with Crippen LogP contribution in [0.4, 0.5) is 23.1 Å². The number of aromatic nitrogens is 2. The Hall–Kier alpha value is -3.52. The van der Waals surface area contributed by atoms with E-state index >= 15 is 0 Å². The lowest BCUT2D eigenvalue weighted by atomic mass is 10.1. The Morgan fingerprint density at radius 3 is 2.81 bits per heavy atom. The van der Waals surface area contributed by atoms with Crippen molar-refractivity contribution in [2.24, 2.45) is 0 Å². The maximum atomic E-state index is 11.8. The molecule has 0 bridgehead atoms. The van der Waals surface area contributed by atoms with Gasteiger partial charge in [-0.15, -0.1) is 0 Å². The van der Waals surface area contributed by atoms with Gasteiger partial charge in [0.25, 0.3) is 5.91 Å². The van der Waals surface area contributed by atoms with Crippen LogP contribution in [0.25, 0.3) is 11.3 Å². The van der Waals surface area contributed by atoms with Gasteiger partial charge in [-0.3, -0.25) is 4.79 Å². The minimum atomic E-state index is -0.0709. The van der Waals surface area contributed by atoms with Gasteiger partial charge in [0.05, 0.1) is 11.4 Å². The van der Waals surface area contributed by atoms with Crippen molar-refractivity contribution in [3.8, 4) is 17.0 Å². The number of ether oxygens (including phenoxy) is 1. The number of rotatable bonds is 6. The number of carbonyl (C=O) groups excluding carboxylic acids is 1. The third-order valence-electron chi connectivity index (χ3n) is 5.09. The summed E-state index contributed by atoms with van der Waals surface area (Å²) in [6.45, 7) is 3.25. The summed E-state index contributed by atoms with van der Waals surface area (Å²) in [4.78, 5) is 22.0. The van der Waals surface area contributed by atoms with Gasteiger partial charge in [-0.25, -0.2) is 4.98 Å². The molecule has 4 N–H and O–H groups in total. The average Bonchev–Trinajstić information content (AvgIpc) is 2.75. The fraction of sp³-hybridized carbons (Fsp3) is 0.227. The molecule has 0 saturated heterocycles. The van der Waals surface area contributed by atoms with E-state index in [0.29, 0.717) is 35.4 Å². The van der Waals surface area contributed by atoms with E-state index in [1.54, 1.807) is 11.9 Å². The Kier molecular flexibility index (Phi) is 5.81. The van der Waals surface area contributed by atoms with E-state index in [4.69, 9.17) is 22.1 Å². The quantitative estimate of drug-likeness (QED) is 0.505. The molecule has 0 radical (unpaired) electrons. The third-order valence-corrected chi connectivity index (χ3v) is 5.50. The van der Waals surface area contributed by atoms with Gasteiger partial charge >= 0.3 is 0 Å². The van der Waals surface area contributed by atoms with Crippen molar-refractivity contribution >= 4 is 40.6 Å². The van der Waals surface area contributed by atoms with E-state index in [2.05, 4.69) is 20.6 Å². The summed E-state index contributed by atoms with van der Waals surface area (Å²) < 4.78 is 5.45. The number of nitrogens with two attached hydrogens (primary N) is 1. The Morgan fingerprint density at radius 1 is 1.16 bits per heavy atom. The van der Waals surface area contributed by atoms with Crippen LogP contribution in [-0.4, -0.2) is 42.6 Å². The Labute approximate surface area is 185 Å². The molecule has 1 aliphatic heterocycles. The van der Waals surface area contributed by atoms with Crippen LogP contribution in [0.1, 0.15) is 5.56 Å². The molecule has 1 amide bonds. The number of anilines is 4. The summed E-state index contributed by atoms with van der Waals surface area (Å²) in [6, 6.07) is 13.2. The normalized spacial score (nSPS) is 12.9. The van der Waals surface area contributed by atoms with E-state index < -0.39 is 0 Å². The Morgan fingerprint density at radius 2 is 1.97 bits per heavy atom. The van der Waals surface area contributed by atoms with Crippen LogP contribution in [0.15, 0.2) is 42.5 Å². The Bertz CT molecular complexity index is 1140. The van der Waals surface area contributed by atoms with Gasteiger partial charge in [-0.05, 0) is 36.8 Å². The molecule has 160 valence electrons. The molecule has 3 aromatic rings. The van der Waals surface area contributed by atoms with Crippen LogP contribution in [0.2, 0.25) is 5.02 Å². The fourth-order valence-corrected chi connectivity index (χ4v) is 3.53. The number of nitrogens with zero attached hydrogens (tertiary/aromatic N) is 3. The monoisotopic (exact) mass is 438 g/mol. The van der Waals surface area contributed by atoms with Crippen LogP contribution in [0.3, 0.4) is 0 Å². The number of hydrogen-bond donors (Lipinski definition) is 3. The summed E-state index contributed by atoms with van der Waals surface area (Å²) in [6.07, 6.45) is 0. The summed E-state index contributed by atoms with van der Waals surface area (Å²) in [5.41, 5.74) is 10.1. The van der Waals surface area contributed by atoms with Gasteiger partial charge in [0.15, 0.2) is 6.61 Å². The van der Waals surface area contributed by atoms with E-state index in [1.807, 2.05) is 49.4 Å². The van der Waals surface area contributed by atoms with Crippen LogP contribution in [-0.2, 0) is 4.79 Å². The standard InChI is InChI=1S/C22H23ClN6O2/c1-13-15(4-3-5-16(13)23)17-11-20(28-22(24)27-17)26-9-8-25-14-6-7-19-18(10-14)29(2)21(30)12-31-19/h3-7,10-11,25H,8-9,12H2,1-2H3,(H3,24,26,27,28). The molecular weight excluding hydrogens is 416 g/mol. The second-order valence-corrected chi connectivity index (χ2v) is 7.59. The van der Waals surface area contributed by atoms with Crippen LogP contribution in [0.5, 0.6) is 5.75 Å². The first-order valence-corrected chi connectivity index (χ1v) is 10.2. The predicted octanol–water partition coefficient (Wildman–Crippen LogP) is 3.57. The number of hydrogen-bond acceptors (Lipinski definition) is 7. The van der Waals surface area contributed by atoms with Crippen molar-refractivity contribution in [2.45, 2.75) is 6.92 Å². The van der Waals surface area contributed by atoms with Crippen LogP contribution >= 0.6 is 11.6 Å². The molecule has 2 heterocycles. The maximum absolute atomic E-state index is 11.8. The van der Waals surface area contributed by atoms with Gasteiger partial charge in [0.1, 0.15) is 11.6 Å². The number of amides is 1. The van der Waals surface area contributed by atoms with Crippen molar-refractivity contribution in [2.75, 3.05) is 48.0 Å². The van der Waals surface area contributed by atoms with Gasteiger partial charge < -0.3 is 26.0 Å². The molecule has 0 fully saturated rings. The summed E-state index contributed by atoms with van der Waals surface area (Å²) in [7, 11) is 1.74. The summed E-state index contributed by atoms with van der Waals surface area (Å²) in [5, 5.41) is 7.27. The largest absolute Gasteiger partial charge is 0.482 e. The number of benzene rings is 2. The van der Waals surface area contributed by atoms with Crippen molar-refractivity contribution in [3.63, 3.8) is 0 Å². The van der Waals surface area contributed by atoms with E-state index in [-0.39, 0.29) is 18.5 Å². The molecule has 0 atom stereocenters. The lowest BCUT2D eigenvalue weighted by Crippen LogP contribution is -2.35. The highest BCUT2D eigenvalue weighted by atomic mass is 35.5. The zero-order valence-corrected chi connectivity index (χ0v) is 18.0. The first-order valence-electron chi connectivity index (χ1n) is 9.83. The molecule has 1 aliphatic rings. The number of nitrogens with one attached hydrogen (secondary N) is 2. The zero-order chi connectivity index (χ0) is 22.0. The molecular formula is C22H23ClN6O2. The number of fused-ring (bicyclic) bond motifs is 1. The minimum Gasteiger partial charge on any atom is -0.482 e. The van der Waals surface area contributed by atoms with Gasteiger partial charge in [0.2, 0.25) is 5.95 Å². The highest BCUT2D eigenvalue weighted by Crippen LogP contribution is 2.33. The minimum absolute atomic E-state index is 0.0684. The van der Waals surface area contributed by atoms with Gasteiger partial charge in [-0.2, -0.15) is 4.98 Å². The average molecular weight is 439 g/mol. The molecule has 0 unspecified atom stereocenters. The van der Waals surface area contributed by atoms with Crippen molar-refractivity contribution < 1.29 is 9.53 Å². The molecule has 8 nitrogen and oxygen atoms in total. The van der Waals surface area contributed by atoms with E-state index in [9.17, 15) is 4.79 Å². The summed E-state index contributed by atoms with van der Waals surface area (Å²) in [5.74, 6) is 1.45. The maximum Gasteiger partial charge on any atom is 0.264 e. The molecule has 4 rings (SSSR count). The number of carbonyl (C=O) groups is 1. The van der Waals surface area contributed by atoms with Gasteiger partial charge in [-0.1, -0.05) is 23.7 Å². The second-order valence-electron chi connectivity index (χ2n) is 7.19. The number of nitrogen functional groups attached to an aromatic ring is 1. The Balaban J connectivity index is 1.40. The zero-order valence-electron chi connectivity index (χ0n) is 17.3. The van der Waals surface area contributed by atoms with E-state index in [0.717, 1.165) is 22.5 Å². The van der Waals surface area contributed by atoms with Crippen molar-refractivity contribution in [1.29, 1.82) is 0 Å². The lowest BCUT2D eigenvalue weighted by molar-refractivity contribution is -0.120. The molecule has 0 saturated carbocycles. The molecule has 9 heteroatoms. The highest BCUT2D eigenvalue weighted by Gasteiger charge is 2.22. The molecule has 1 aromatic heterocycles. The first-order chi connectivity index (χ1) is 14.9. The van der Waals surface area contributed by atoms with Crippen LogP contribution in [0, 0.1) is 6.92 Å². The fourth-order valence-electron chi connectivity index (χ4n) is 3.36. The highest BCUT2D eigenvalue weighted by molar-refractivity contribution is 6.31. The number of halogens is 1. The molecule has 0 aliphatic carbocycles. The molecule has 0 spiro atoms. The van der Waals surface area contributed by atoms with Crippen molar-refractivity contribution in [3.05, 3.63) is 53.1 Å². The first kappa shape index (κ1) is 20.7. The number of likely N-dealkylation sites (N-methyl/N-ethyl adjacent to an activating group) is 1. The van der Waals surface area contributed by atoms with Crippen LogP contribution < -0.4 is 26.0 Å². The summed E-state index contributed by atoms with van der Waals surface area (Å²) >= 11 is 6.24. The lowest BCUT2D eigenvalue weighted by Gasteiger charge is -2.26. The molecule has 31 heavy (non-hydrogen) atoms. The SMILES string of the molecule is Cc1c(Cl)cccc1-c1cc(NCCNc2ccc3c(c2)N(C)C(=O)CO3)nc(N)n1. The predicted molar refractivity (Wildman–Crippen MR) is 124 cm³/mol. The van der Waals surface area contributed by atoms with Crippen molar-refractivity contribution in [1.82, 2.24) is 9.97 Å². The third kappa shape index (κ3) is 4.49. The van der Waals surface area contributed by atoms with Gasteiger partial charge in [0, 0.05) is 42.5 Å². The topological polar surface area (TPSA) is 105 Å².